The van der Waals surface area contributed by atoms with E-state index in [4.69, 9.17) is 0 Å². The minimum atomic E-state index is -4.62. The average Bonchev–Trinajstić information content (AvgIpc) is 2.74. The highest BCUT2D eigenvalue weighted by molar-refractivity contribution is 8.00. The van der Waals surface area contributed by atoms with Gasteiger partial charge in [-0.2, -0.15) is 13.2 Å². The number of aromatic nitrogens is 2. The molecule has 0 aliphatic heterocycles. The zero-order chi connectivity index (χ0) is 22.6. The first kappa shape index (κ1) is 22.6. The standard InChI is InChI=1S/C22H21F3N4OS/c1-14(20(30)26-16-9-11-17(12-10-16)29(2)3)31-21-27-18(15-7-5-4-6-8-15)13-19(28-21)22(23,24)25/h4-14H,1-3H3,(H,26,30)/t14-/m1/s1. The van der Waals surface area contributed by atoms with Crippen LogP contribution in [0.2, 0.25) is 0 Å². The van der Waals surface area contributed by atoms with Crippen LogP contribution in [0.4, 0.5) is 24.5 Å². The molecule has 3 rings (SSSR count). The van der Waals surface area contributed by atoms with E-state index in [2.05, 4.69) is 15.3 Å². The van der Waals surface area contributed by atoms with Crippen LogP contribution in [0.25, 0.3) is 11.3 Å². The summed E-state index contributed by atoms with van der Waals surface area (Å²) in [5, 5.41) is 1.94. The molecule has 1 atom stereocenters. The first-order chi connectivity index (χ1) is 14.6. The number of hydrogen-bond acceptors (Lipinski definition) is 5. The monoisotopic (exact) mass is 446 g/mol. The Kier molecular flexibility index (Phi) is 6.84. The van der Waals surface area contributed by atoms with Crippen molar-refractivity contribution in [3.63, 3.8) is 0 Å². The molecule has 0 bridgehead atoms. The number of hydrogen-bond donors (Lipinski definition) is 1. The summed E-state index contributed by atoms with van der Waals surface area (Å²) in [4.78, 5) is 22.4. The third-order valence-corrected chi connectivity index (χ3v) is 5.33. The van der Waals surface area contributed by atoms with Crippen molar-refractivity contribution in [1.82, 2.24) is 9.97 Å². The van der Waals surface area contributed by atoms with E-state index in [0.717, 1.165) is 23.5 Å². The highest BCUT2D eigenvalue weighted by Gasteiger charge is 2.34. The summed E-state index contributed by atoms with van der Waals surface area (Å²) in [6.45, 7) is 1.60. The Balaban J connectivity index is 1.79. The van der Waals surface area contributed by atoms with Crippen molar-refractivity contribution in [2.75, 3.05) is 24.3 Å². The van der Waals surface area contributed by atoms with Gasteiger partial charge in [0.2, 0.25) is 5.91 Å². The molecule has 0 fully saturated rings. The summed E-state index contributed by atoms with van der Waals surface area (Å²) >= 11 is 0.876. The molecule has 0 saturated heterocycles. The zero-order valence-electron chi connectivity index (χ0n) is 17.1. The molecule has 1 N–H and O–H groups in total. The maximum absolute atomic E-state index is 13.4. The van der Waals surface area contributed by atoms with Crippen LogP contribution in [-0.4, -0.2) is 35.2 Å². The molecule has 3 aromatic rings. The molecule has 0 spiro atoms. The van der Waals surface area contributed by atoms with Crippen LogP contribution in [0.15, 0.2) is 65.8 Å². The lowest BCUT2D eigenvalue weighted by Gasteiger charge is -2.15. The molecule has 1 heterocycles. The van der Waals surface area contributed by atoms with Gasteiger partial charge in [0, 0.05) is 31.0 Å². The maximum atomic E-state index is 13.4. The molecule has 9 heteroatoms. The molecule has 1 amide bonds. The molecule has 0 radical (unpaired) electrons. The number of thioether (sulfide) groups is 1. The van der Waals surface area contributed by atoms with Crippen LogP contribution in [0.5, 0.6) is 0 Å². The van der Waals surface area contributed by atoms with Crippen LogP contribution in [0.3, 0.4) is 0 Å². The lowest BCUT2D eigenvalue weighted by atomic mass is 10.1. The summed E-state index contributed by atoms with van der Waals surface area (Å²) in [7, 11) is 3.82. The number of rotatable bonds is 6. The minimum absolute atomic E-state index is 0.112. The molecule has 0 aliphatic rings. The van der Waals surface area contributed by atoms with Crippen molar-refractivity contribution in [3.8, 4) is 11.3 Å². The van der Waals surface area contributed by atoms with E-state index >= 15 is 0 Å². The number of anilines is 2. The Morgan fingerprint density at radius 3 is 2.26 bits per heavy atom. The fourth-order valence-electron chi connectivity index (χ4n) is 2.68. The molecule has 31 heavy (non-hydrogen) atoms. The predicted molar refractivity (Wildman–Crippen MR) is 117 cm³/mol. The Hall–Kier alpha value is -3.07. The number of amides is 1. The number of alkyl halides is 3. The fraction of sp³-hybridized carbons (Fsp3) is 0.227. The largest absolute Gasteiger partial charge is 0.433 e. The van der Waals surface area contributed by atoms with E-state index in [1.165, 1.54) is 0 Å². The Morgan fingerprint density at radius 2 is 1.68 bits per heavy atom. The summed E-state index contributed by atoms with van der Waals surface area (Å²) in [5.74, 6) is -0.357. The lowest BCUT2D eigenvalue weighted by molar-refractivity contribution is -0.141. The number of halogens is 3. The quantitative estimate of drug-likeness (QED) is 0.409. The van der Waals surface area contributed by atoms with Crippen molar-refractivity contribution in [2.45, 2.75) is 23.5 Å². The Labute approximate surface area is 182 Å². The van der Waals surface area contributed by atoms with Crippen molar-refractivity contribution < 1.29 is 18.0 Å². The molecule has 2 aromatic carbocycles. The molecule has 1 aromatic heterocycles. The lowest BCUT2D eigenvalue weighted by Crippen LogP contribution is -2.23. The Bertz CT molecular complexity index is 1040. The first-order valence-corrected chi connectivity index (χ1v) is 10.3. The van der Waals surface area contributed by atoms with Gasteiger partial charge in [-0.1, -0.05) is 42.1 Å². The van der Waals surface area contributed by atoms with Crippen molar-refractivity contribution in [1.29, 1.82) is 0 Å². The number of benzene rings is 2. The predicted octanol–water partition coefficient (Wildman–Crippen LogP) is 5.35. The van der Waals surface area contributed by atoms with Crippen LogP contribution < -0.4 is 10.2 Å². The Morgan fingerprint density at radius 1 is 1.03 bits per heavy atom. The molecule has 0 saturated carbocycles. The van der Waals surface area contributed by atoms with E-state index in [-0.39, 0.29) is 16.8 Å². The number of carbonyl (C=O) groups is 1. The van der Waals surface area contributed by atoms with Crippen molar-refractivity contribution in [3.05, 3.63) is 66.4 Å². The van der Waals surface area contributed by atoms with E-state index in [9.17, 15) is 18.0 Å². The summed E-state index contributed by atoms with van der Waals surface area (Å²) in [6.07, 6.45) is -4.62. The topological polar surface area (TPSA) is 58.1 Å². The van der Waals surface area contributed by atoms with E-state index < -0.39 is 17.1 Å². The average molecular weight is 446 g/mol. The maximum Gasteiger partial charge on any atom is 0.433 e. The van der Waals surface area contributed by atoms with Crippen LogP contribution in [-0.2, 0) is 11.0 Å². The van der Waals surface area contributed by atoms with Gasteiger partial charge in [-0.05, 0) is 37.3 Å². The van der Waals surface area contributed by atoms with Gasteiger partial charge in [-0.15, -0.1) is 0 Å². The van der Waals surface area contributed by atoms with Crippen molar-refractivity contribution in [2.24, 2.45) is 0 Å². The van der Waals surface area contributed by atoms with Crippen molar-refractivity contribution >= 4 is 29.0 Å². The SMILES string of the molecule is C[C@@H](Sc1nc(-c2ccccc2)cc(C(F)(F)F)n1)C(=O)Nc1ccc(N(C)C)cc1. The highest BCUT2D eigenvalue weighted by atomic mass is 32.2. The fourth-order valence-corrected chi connectivity index (χ4v) is 3.46. The second-order valence-electron chi connectivity index (χ2n) is 6.98. The number of nitrogens with one attached hydrogen (secondary N) is 1. The van der Waals surface area contributed by atoms with Gasteiger partial charge in [0.1, 0.15) is 5.69 Å². The highest BCUT2D eigenvalue weighted by Crippen LogP contribution is 2.33. The van der Waals surface area contributed by atoms with Gasteiger partial charge in [-0.25, -0.2) is 9.97 Å². The van der Waals surface area contributed by atoms with Gasteiger partial charge >= 0.3 is 6.18 Å². The summed E-state index contributed by atoms with van der Waals surface area (Å²) in [5.41, 5.74) is 1.22. The van der Waals surface area contributed by atoms with Crippen LogP contribution >= 0.6 is 11.8 Å². The van der Waals surface area contributed by atoms with E-state index in [1.54, 1.807) is 49.4 Å². The van der Waals surface area contributed by atoms with Gasteiger partial charge < -0.3 is 10.2 Å². The van der Waals surface area contributed by atoms with Gasteiger partial charge in [0.05, 0.1) is 10.9 Å². The van der Waals surface area contributed by atoms with Gasteiger partial charge in [-0.3, -0.25) is 4.79 Å². The first-order valence-electron chi connectivity index (χ1n) is 9.40. The van der Waals surface area contributed by atoms with E-state index in [1.807, 2.05) is 31.1 Å². The molecular formula is C22H21F3N4OS. The number of nitrogens with zero attached hydrogens (tertiary/aromatic N) is 3. The normalized spacial score (nSPS) is 12.3. The smallest absolute Gasteiger partial charge is 0.378 e. The van der Waals surface area contributed by atoms with Gasteiger partial charge in [0.25, 0.3) is 0 Å². The second kappa shape index (κ2) is 9.38. The molecular weight excluding hydrogens is 425 g/mol. The van der Waals surface area contributed by atoms with Gasteiger partial charge in [0.15, 0.2) is 5.16 Å². The molecule has 0 aliphatic carbocycles. The third-order valence-electron chi connectivity index (χ3n) is 4.37. The van der Waals surface area contributed by atoms with Crippen LogP contribution in [0, 0.1) is 0 Å². The summed E-state index contributed by atoms with van der Waals surface area (Å²) < 4.78 is 40.1. The number of carbonyl (C=O) groups excluding carboxylic acids is 1. The molecule has 5 nitrogen and oxygen atoms in total. The summed E-state index contributed by atoms with van der Waals surface area (Å²) in [6, 6.07) is 16.7. The second-order valence-corrected chi connectivity index (χ2v) is 8.28. The van der Waals surface area contributed by atoms with Crippen LogP contribution in [0.1, 0.15) is 12.6 Å². The zero-order valence-corrected chi connectivity index (χ0v) is 18.0. The molecule has 162 valence electrons. The third kappa shape index (κ3) is 5.97. The van der Waals surface area contributed by atoms with E-state index in [0.29, 0.717) is 11.3 Å². The molecule has 0 unspecified atom stereocenters. The minimum Gasteiger partial charge on any atom is -0.378 e.